The van der Waals surface area contributed by atoms with Crippen molar-refractivity contribution in [3.05, 3.63) is 18.2 Å². The first kappa shape index (κ1) is 23.8. The first-order valence-electron chi connectivity index (χ1n) is 10.4. The smallest absolute Gasteiger partial charge is 0.410 e. The molecule has 8 heteroatoms. The Hall–Kier alpha value is -2.48. The highest BCUT2D eigenvalue weighted by Crippen LogP contribution is 2.33. The normalized spacial score (nSPS) is 16.7. The Bertz CT molecular complexity index is 717. The topological polar surface area (TPSA) is 89.1 Å². The third-order valence-electron chi connectivity index (χ3n) is 4.78. The van der Waals surface area contributed by atoms with Gasteiger partial charge < -0.3 is 29.7 Å². The maximum atomic E-state index is 13.0. The number of piperidine rings is 1. The molecule has 0 saturated carbocycles. The molecular weight excluding hydrogens is 386 g/mol. The van der Waals surface area contributed by atoms with Gasteiger partial charge in [0.1, 0.15) is 17.0 Å². The Balaban J connectivity index is 2.06. The van der Waals surface area contributed by atoms with Gasteiger partial charge in [0.25, 0.3) is 0 Å². The SMILES string of the molecule is COCCCNc1cccc(OC)c1NC(=O)[C@@H]1CCCN(C(=O)OC(C)(C)C)C1. The lowest BCUT2D eigenvalue weighted by Gasteiger charge is -2.33. The second-order valence-corrected chi connectivity index (χ2v) is 8.41. The van der Waals surface area contributed by atoms with Crippen molar-refractivity contribution in [2.45, 2.75) is 45.6 Å². The zero-order valence-corrected chi connectivity index (χ0v) is 18.7. The number of nitrogens with one attached hydrogen (secondary N) is 2. The second-order valence-electron chi connectivity index (χ2n) is 8.41. The van der Waals surface area contributed by atoms with Crippen molar-refractivity contribution in [3.63, 3.8) is 0 Å². The molecule has 168 valence electrons. The van der Waals surface area contributed by atoms with E-state index in [4.69, 9.17) is 14.2 Å². The van der Waals surface area contributed by atoms with E-state index in [-0.39, 0.29) is 17.9 Å². The molecule has 2 amide bonds. The van der Waals surface area contributed by atoms with Gasteiger partial charge in [0.2, 0.25) is 5.91 Å². The lowest BCUT2D eigenvalue weighted by atomic mass is 9.97. The van der Waals surface area contributed by atoms with E-state index in [1.165, 1.54) is 0 Å². The van der Waals surface area contributed by atoms with Crippen molar-refractivity contribution in [1.29, 1.82) is 0 Å². The number of ether oxygens (including phenoxy) is 3. The molecule has 1 atom stereocenters. The zero-order chi connectivity index (χ0) is 22.1. The van der Waals surface area contributed by atoms with E-state index >= 15 is 0 Å². The number of hydrogen-bond donors (Lipinski definition) is 2. The largest absolute Gasteiger partial charge is 0.494 e. The quantitative estimate of drug-likeness (QED) is 0.622. The van der Waals surface area contributed by atoms with E-state index in [2.05, 4.69) is 10.6 Å². The molecule has 8 nitrogen and oxygen atoms in total. The number of carbonyl (C=O) groups excluding carboxylic acids is 2. The number of methoxy groups -OCH3 is 2. The summed E-state index contributed by atoms with van der Waals surface area (Å²) in [7, 11) is 3.24. The highest BCUT2D eigenvalue weighted by Gasteiger charge is 2.31. The van der Waals surface area contributed by atoms with Gasteiger partial charge in [0.15, 0.2) is 0 Å². The molecule has 0 aliphatic carbocycles. The fourth-order valence-corrected chi connectivity index (χ4v) is 3.33. The lowest BCUT2D eigenvalue weighted by Crippen LogP contribution is -2.45. The average Bonchev–Trinajstić information content (AvgIpc) is 2.71. The van der Waals surface area contributed by atoms with Crippen molar-refractivity contribution in [3.8, 4) is 5.75 Å². The van der Waals surface area contributed by atoms with E-state index in [0.29, 0.717) is 37.7 Å². The van der Waals surface area contributed by atoms with Crippen LogP contribution in [0.3, 0.4) is 0 Å². The van der Waals surface area contributed by atoms with Crippen molar-refractivity contribution >= 4 is 23.4 Å². The first-order chi connectivity index (χ1) is 14.2. The van der Waals surface area contributed by atoms with Gasteiger partial charge >= 0.3 is 6.09 Å². The molecule has 1 saturated heterocycles. The molecule has 1 aliphatic rings. The summed E-state index contributed by atoms with van der Waals surface area (Å²) in [6.07, 6.45) is 1.94. The number of amides is 2. The molecule has 1 fully saturated rings. The molecule has 1 aromatic carbocycles. The Kier molecular flexibility index (Phi) is 8.77. The third kappa shape index (κ3) is 7.09. The minimum Gasteiger partial charge on any atom is -0.494 e. The number of anilines is 2. The van der Waals surface area contributed by atoms with Gasteiger partial charge in [-0.25, -0.2) is 4.79 Å². The zero-order valence-electron chi connectivity index (χ0n) is 18.7. The molecule has 2 N–H and O–H groups in total. The van der Waals surface area contributed by atoms with Crippen molar-refractivity contribution < 1.29 is 23.8 Å². The molecule has 1 aromatic rings. The number of nitrogens with zero attached hydrogens (tertiary/aromatic N) is 1. The van der Waals surface area contributed by atoms with Crippen LogP contribution in [-0.4, -0.2) is 63.0 Å². The summed E-state index contributed by atoms with van der Waals surface area (Å²) in [5.74, 6) is 0.144. The number of likely N-dealkylation sites (tertiary alicyclic amines) is 1. The summed E-state index contributed by atoms with van der Waals surface area (Å²) >= 11 is 0. The van der Waals surface area contributed by atoms with Crippen LogP contribution in [0.15, 0.2) is 18.2 Å². The van der Waals surface area contributed by atoms with Gasteiger partial charge in [0, 0.05) is 33.4 Å². The summed E-state index contributed by atoms with van der Waals surface area (Å²) in [6, 6.07) is 5.58. The number of hydrogen-bond acceptors (Lipinski definition) is 6. The minimum absolute atomic E-state index is 0.132. The van der Waals surface area contributed by atoms with Crippen LogP contribution in [0.5, 0.6) is 5.75 Å². The van der Waals surface area contributed by atoms with Crippen LogP contribution in [-0.2, 0) is 14.3 Å². The Morgan fingerprint density at radius 3 is 2.67 bits per heavy atom. The van der Waals surface area contributed by atoms with Crippen LogP contribution in [0.25, 0.3) is 0 Å². The van der Waals surface area contributed by atoms with Crippen molar-refractivity contribution in [1.82, 2.24) is 4.90 Å². The maximum absolute atomic E-state index is 13.0. The first-order valence-corrected chi connectivity index (χ1v) is 10.4. The number of carbonyl (C=O) groups is 2. The Morgan fingerprint density at radius 2 is 2.00 bits per heavy atom. The fraction of sp³-hybridized carbons (Fsp3) is 0.636. The van der Waals surface area contributed by atoms with Crippen LogP contribution in [0, 0.1) is 5.92 Å². The summed E-state index contributed by atoms with van der Waals surface area (Å²) < 4.78 is 16.0. The molecular formula is C22H35N3O5. The number of rotatable bonds is 8. The molecule has 0 aromatic heterocycles. The molecule has 1 heterocycles. The van der Waals surface area contributed by atoms with Crippen molar-refractivity contribution in [2.24, 2.45) is 5.92 Å². The van der Waals surface area contributed by atoms with Crippen LogP contribution in [0.2, 0.25) is 0 Å². The Labute approximate surface area is 179 Å². The van der Waals surface area contributed by atoms with E-state index in [1.54, 1.807) is 19.1 Å². The van der Waals surface area contributed by atoms with Crippen molar-refractivity contribution in [2.75, 3.05) is 51.1 Å². The molecule has 0 bridgehead atoms. The van der Waals surface area contributed by atoms with Gasteiger partial charge in [-0.1, -0.05) is 6.07 Å². The average molecular weight is 422 g/mol. The summed E-state index contributed by atoms with van der Waals surface area (Å²) in [4.78, 5) is 27.0. The van der Waals surface area contributed by atoms with E-state index < -0.39 is 5.60 Å². The molecule has 0 radical (unpaired) electrons. The van der Waals surface area contributed by atoms with E-state index in [0.717, 1.165) is 24.9 Å². The van der Waals surface area contributed by atoms with Crippen LogP contribution < -0.4 is 15.4 Å². The summed E-state index contributed by atoms with van der Waals surface area (Å²) in [5, 5.41) is 6.34. The predicted molar refractivity (Wildman–Crippen MR) is 117 cm³/mol. The van der Waals surface area contributed by atoms with Crippen LogP contribution in [0.4, 0.5) is 16.2 Å². The number of benzene rings is 1. The monoisotopic (exact) mass is 421 g/mol. The Morgan fingerprint density at radius 1 is 1.23 bits per heavy atom. The molecule has 0 unspecified atom stereocenters. The third-order valence-corrected chi connectivity index (χ3v) is 4.78. The molecule has 1 aliphatic heterocycles. The maximum Gasteiger partial charge on any atom is 0.410 e. The van der Waals surface area contributed by atoms with Gasteiger partial charge in [-0.05, 0) is 52.2 Å². The fourth-order valence-electron chi connectivity index (χ4n) is 3.33. The summed E-state index contributed by atoms with van der Waals surface area (Å²) in [6.45, 7) is 7.80. The van der Waals surface area contributed by atoms with Crippen LogP contribution in [0.1, 0.15) is 40.0 Å². The summed E-state index contributed by atoms with van der Waals surface area (Å²) in [5.41, 5.74) is 0.836. The lowest BCUT2D eigenvalue weighted by molar-refractivity contribution is -0.121. The highest BCUT2D eigenvalue weighted by molar-refractivity contribution is 5.98. The predicted octanol–water partition coefficient (Wildman–Crippen LogP) is 3.73. The van der Waals surface area contributed by atoms with E-state index in [1.807, 2.05) is 39.0 Å². The van der Waals surface area contributed by atoms with Crippen LogP contribution >= 0.6 is 0 Å². The van der Waals surface area contributed by atoms with Gasteiger partial charge in [-0.3, -0.25) is 4.79 Å². The molecule has 0 spiro atoms. The van der Waals surface area contributed by atoms with Gasteiger partial charge in [0.05, 0.1) is 18.7 Å². The second kappa shape index (κ2) is 11.1. The standard InChI is InChI=1S/C22H35N3O5/c1-22(2,3)30-21(27)25-13-7-9-16(15-25)20(26)24-19-17(23-12-8-14-28-4)10-6-11-18(19)29-5/h6,10-11,16,23H,7-9,12-15H2,1-5H3,(H,24,26)/t16-/m1/s1. The molecule has 2 rings (SSSR count). The molecule has 30 heavy (non-hydrogen) atoms. The van der Waals surface area contributed by atoms with E-state index in [9.17, 15) is 9.59 Å². The van der Waals surface area contributed by atoms with Gasteiger partial charge in [-0.15, -0.1) is 0 Å². The minimum atomic E-state index is -0.562. The highest BCUT2D eigenvalue weighted by atomic mass is 16.6. The van der Waals surface area contributed by atoms with Gasteiger partial charge in [-0.2, -0.15) is 0 Å². The number of para-hydroxylation sites is 1.